The standard InChI is InChI=1S/C17H35NO5/c1-6-7-15(22-8-12(2)3)16(23-9-13(4)5)11-21-10-14(18)17(19)20/h12-16H,6-11,18H2,1-5H3,(H,19,20). The highest BCUT2D eigenvalue weighted by Crippen LogP contribution is 2.14. The van der Waals surface area contributed by atoms with Gasteiger partial charge in [-0.2, -0.15) is 0 Å². The van der Waals surface area contributed by atoms with E-state index < -0.39 is 12.0 Å². The van der Waals surface area contributed by atoms with Crippen LogP contribution in [0, 0.1) is 11.8 Å². The number of carbonyl (C=O) groups is 1. The lowest BCUT2D eigenvalue weighted by atomic mass is 10.1. The predicted octanol–water partition coefficient (Wildman–Crippen LogP) is 2.30. The van der Waals surface area contributed by atoms with Crippen molar-refractivity contribution >= 4 is 5.97 Å². The van der Waals surface area contributed by atoms with Crippen molar-refractivity contribution < 1.29 is 24.1 Å². The van der Waals surface area contributed by atoms with Gasteiger partial charge in [-0.05, 0) is 18.3 Å². The molecule has 0 amide bonds. The maximum Gasteiger partial charge on any atom is 0.322 e. The van der Waals surface area contributed by atoms with Crippen LogP contribution in [0.1, 0.15) is 47.5 Å². The van der Waals surface area contributed by atoms with E-state index in [0.29, 0.717) is 25.0 Å². The van der Waals surface area contributed by atoms with Gasteiger partial charge in [-0.15, -0.1) is 0 Å². The molecule has 3 N–H and O–H groups in total. The van der Waals surface area contributed by atoms with Gasteiger partial charge in [-0.3, -0.25) is 4.79 Å². The Morgan fingerprint density at radius 2 is 1.48 bits per heavy atom. The Kier molecular flexibility index (Phi) is 12.3. The van der Waals surface area contributed by atoms with Crippen molar-refractivity contribution in [2.75, 3.05) is 26.4 Å². The lowest BCUT2D eigenvalue weighted by molar-refractivity contribution is -0.142. The molecule has 0 aromatic heterocycles. The fourth-order valence-corrected chi connectivity index (χ4v) is 1.94. The second-order valence-corrected chi connectivity index (χ2v) is 6.80. The molecule has 0 aromatic rings. The molecule has 0 fully saturated rings. The van der Waals surface area contributed by atoms with E-state index in [-0.39, 0.29) is 25.4 Å². The van der Waals surface area contributed by atoms with Crippen LogP contribution in [0.25, 0.3) is 0 Å². The molecule has 0 heterocycles. The van der Waals surface area contributed by atoms with E-state index in [4.69, 9.17) is 25.1 Å². The van der Waals surface area contributed by atoms with Gasteiger partial charge in [0.1, 0.15) is 12.1 Å². The van der Waals surface area contributed by atoms with Gasteiger partial charge in [0.25, 0.3) is 0 Å². The lowest BCUT2D eigenvalue weighted by Crippen LogP contribution is -2.40. The summed E-state index contributed by atoms with van der Waals surface area (Å²) in [5, 5.41) is 8.80. The summed E-state index contributed by atoms with van der Waals surface area (Å²) >= 11 is 0. The Hall–Kier alpha value is -0.690. The Morgan fingerprint density at radius 1 is 0.957 bits per heavy atom. The number of aliphatic carboxylic acids is 1. The normalized spacial score (nSPS) is 15.8. The molecule has 0 saturated heterocycles. The number of ether oxygens (including phenoxy) is 3. The molecule has 0 saturated carbocycles. The van der Waals surface area contributed by atoms with Gasteiger partial charge in [0.15, 0.2) is 0 Å². The van der Waals surface area contributed by atoms with Gasteiger partial charge < -0.3 is 25.1 Å². The van der Waals surface area contributed by atoms with Gasteiger partial charge in [-0.1, -0.05) is 41.0 Å². The molecule has 6 nitrogen and oxygen atoms in total. The van der Waals surface area contributed by atoms with Crippen molar-refractivity contribution in [2.45, 2.75) is 65.7 Å². The van der Waals surface area contributed by atoms with Crippen molar-refractivity contribution in [3.05, 3.63) is 0 Å². The fraction of sp³-hybridized carbons (Fsp3) is 0.941. The number of rotatable bonds is 14. The molecule has 138 valence electrons. The minimum atomic E-state index is -1.06. The molecule has 0 radical (unpaired) electrons. The van der Waals surface area contributed by atoms with Crippen LogP contribution in [0.15, 0.2) is 0 Å². The van der Waals surface area contributed by atoms with E-state index in [0.717, 1.165) is 12.8 Å². The fourth-order valence-electron chi connectivity index (χ4n) is 1.94. The first kappa shape index (κ1) is 22.3. The van der Waals surface area contributed by atoms with Gasteiger partial charge in [0.05, 0.1) is 19.3 Å². The van der Waals surface area contributed by atoms with Gasteiger partial charge in [0.2, 0.25) is 0 Å². The summed E-state index contributed by atoms with van der Waals surface area (Å²) in [6, 6.07) is -1.01. The SMILES string of the molecule is CCCC(OCC(C)C)C(COCC(N)C(=O)O)OCC(C)C. The Morgan fingerprint density at radius 3 is 1.91 bits per heavy atom. The molecule has 0 aliphatic carbocycles. The summed E-state index contributed by atoms with van der Waals surface area (Å²) in [4.78, 5) is 10.7. The van der Waals surface area contributed by atoms with Crippen LogP contribution in [0.4, 0.5) is 0 Å². The molecule has 3 atom stereocenters. The molecule has 3 unspecified atom stereocenters. The van der Waals surface area contributed by atoms with Crippen molar-refractivity contribution in [3.8, 4) is 0 Å². The number of carboxylic acid groups (broad SMARTS) is 1. The van der Waals surface area contributed by atoms with E-state index in [9.17, 15) is 4.79 Å². The van der Waals surface area contributed by atoms with Crippen LogP contribution in [-0.4, -0.2) is 55.8 Å². The minimum absolute atomic E-state index is 0.0279. The first-order valence-corrected chi connectivity index (χ1v) is 8.57. The first-order valence-electron chi connectivity index (χ1n) is 8.57. The molecule has 6 heteroatoms. The van der Waals surface area contributed by atoms with Gasteiger partial charge >= 0.3 is 5.97 Å². The van der Waals surface area contributed by atoms with Crippen LogP contribution in [-0.2, 0) is 19.0 Å². The quantitative estimate of drug-likeness (QED) is 0.507. The zero-order valence-electron chi connectivity index (χ0n) is 15.3. The average molecular weight is 333 g/mol. The van der Waals surface area contributed by atoms with Crippen molar-refractivity contribution in [3.63, 3.8) is 0 Å². The molecule has 0 rings (SSSR count). The molecule has 0 bridgehead atoms. The number of carboxylic acids is 1. The predicted molar refractivity (Wildman–Crippen MR) is 90.5 cm³/mol. The summed E-state index contributed by atoms with van der Waals surface area (Å²) < 4.78 is 17.4. The third kappa shape index (κ3) is 11.5. The number of nitrogens with two attached hydrogens (primary N) is 1. The summed E-state index contributed by atoms with van der Waals surface area (Å²) in [5.74, 6) is -0.210. The highest BCUT2D eigenvalue weighted by atomic mass is 16.6. The van der Waals surface area contributed by atoms with E-state index >= 15 is 0 Å². The average Bonchev–Trinajstić information content (AvgIpc) is 2.46. The molecule has 23 heavy (non-hydrogen) atoms. The summed E-state index contributed by atoms with van der Waals surface area (Å²) in [7, 11) is 0. The van der Waals surface area contributed by atoms with Crippen molar-refractivity contribution in [2.24, 2.45) is 17.6 Å². The number of hydrogen-bond donors (Lipinski definition) is 2. The second kappa shape index (κ2) is 12.7. The maximum atomic E-state index is 10.7. The van der Waals surface area contributed by atoms with Crippen LogP contribution >= 0.6 is 0 Å². The molecular weight excluding hydrogens is 298 g/mol. The molecule has 0 spiro atoms. The molecule has 0 aromatic carbocycles. The highest BCUT2D eigenvalue weighted by Gasteiger charge is 2.24. The van der Waals surface area contributed by atoms with E-state index in [1.165, 1.54) is 0 Å². The lowest BCUT2D eigenvalue weighted by Gasteiger charge is -2.29. The van der Waals surface area contributed by atoms with E-state index in [1.807, 2.05) is 0 Å². The zero-order valence-corrected chi connectivity index (χ0v) is 15.3. The summed E-state index contributed by atoms with van der Waals surface area (Å²) in [6.07, 6.45) is 1.60. The topological polar surface area (TPSA) is 91.0 Å². The largest absolute Gasteiger partial charge is 0.480 e. The highest BCUT2D eigenvalue weighted by molar-refractivity contribution is 5.73. The monoisotopic (exact) mass is 333 g/mol. The van der Waals surface area contributed by atoms with E-state index in [1.54, 1.807) is 0 Å². The summed E-state index contributed by atoms with van der Waals surface area (Å²) in [6.45, 7) is 12.0. The zero-order chi connectivity index (χ0) is 17.8. The van der Waals surface area contributed by atoms with Crippen LogP contribution < -0.4 is 5.73 Å². The van der Waals surface area contributed by atoms with Crippen LogP contribution in [0.3, 0.4) is 0 Å². The van der Waals surface area contributed by atoms with E-state index in [2.05, 4.69) is 34.6 Å². The Bertz CT molecular complexity index is 309. The smallest absolute Gasteiger partial charge is 0.322 e. The minimum Gasteiger partial charge on any atom is -0.480 e. The second-order valence-electron chi connectivity index (χ2n) is 6.80. The molecule has 0 aliphatic heterocycles. The van der Waals surface area contributed by atoms with Crippen molar-refractivity contribution in [1.29, 1.82) is 0 Å². The molecule has 0 aliphatic rings. The van der Waals surface area contributed by atoms with Crippen molar-refractivity contribution in [1.82, 2.24) is 0 Å². The van der Waals surface area contributed by atoms with Crippen LogP contribution in [0.5, 0.6) is 0 Å². The first-order chi connectivity index (χ1) is 10.8. The molecular formula is C17H35NO5. The third-order valence-electron chi connectivity index (χ3n) is 3.17. The van der Waals surface area contributed by atoms with Crippen LogP contribution in [0.2, 0.25) is 0 Å². The van der Waals surface area contributed by atoms with Gasteiger partial charge in [0, 0.05) is 13.2 Å². The number of hydrogen-bond acceptors (Lipinski definition) is 5. The Labute approximate surface area is 140 Å². The maximum absolute atomic E-state index is 10.7. The third-order valence-corrected chi connectivity index (χ3v) is 3.17. The Balaban J connectivity index is 4.60. The summed E-state index contributed by atoms with van der Waals surface area (Å²) in [5.41, 5.74) is 5.46. The van der Waals surface area contributed by atoms with Gasteiger partial charge in [-0.25, -0.2) is 0 Å².